The monoisotopic (exact) mass is 252 g/mol. The van der Waals surface area contributed by atoms with Crippen molar-refractivity contribution in [3.05, 3.63) is 0 Å². The summed E-state index contributed by atoms with van der Waals surface area (Å²) in [6.45, 7) is 12.0. The van der Waals surface area contributed by atoms with Crippen LogP contribution in [0.4, 0.5) is 0 Å². The molecule has 0 amide bonds. The summed E-state index contributed by atoms with van der Waals surface area (Å²) in [6.07, 6.45) is 7.06. The van der Waals surface area contributed by atoms with Crippen LogP contribution < -0.4 is 5.32 Å². The molecule has 0 aromatic carbocycles. The number of nitrogens with zero attached hydrogens (tertiary/aromatic N) is 1. The van der Waals surface area contributed by atoms with E-state index < -0.39 is 0 Å². The minimum Gasteiger partial charge on any atom is -0.311 e. The molecule has 0 aromatic heterocycles. The highest BCUT2D eigenvalue weighted by molar-refractivity contribution is 4.92. The van der Waals surface area contributed by atoms with E-state index in [1.165, 1.54) is 45.2 Å². The fraction of sp³-hybridized carbons (Fsp3) is 1.00. The lowest BCUT2D eigenvalue weighted by atomic mass is 9.76. The number of piperazine rings is 1. The second-order valence-corrected chi connectivity index (χ2v) is 6.82. The molecule has 1 aliphatic heterocycles. The van der Waals surface area contributed by atoms with Crippen molar-refractivity contribution >= 4 is 0 Å². The van der Waals surface area contributed by atoms with Gasteiger partial charge in [0.15, 0.2) is 0 Å². The van der Waals surface area contributed by atoms with Gasteiger partial charge in [0.2, 0.25) is 0 Å². The summed E-state index contributed by atoms with van der Waals surface area (Å²) in [7, 11) is 0. The molecule has 1 N–H and O–H groups in total. The Balaban J connectivity index is 2.06. The van der Waals surface area contributed by atoms with Crippen LogP contribution in [0, 0.1) is 11.8 Å². The van der Waals surface area contributed by atoms with Gasteiger partial charge >= 0.3 is 0 Å². The minimum absolute atomic E-state index is 0.718. The van der Waals surface area contributed by atoms with Gasteiger partial charge in [-0.05, 0) is 38.0 Å². The zero-order chi connectivity index (χ0) is 13.1. The molecule has 1 heterocycles. The van der Waals surface area contributed by atoms with E-state index in [-0.39, 0.29) is 0 Å². The summed E-state index contributed by atoms with van der Waals surface area (Å²) >= 11 is 0. The zero-order valence-corrected chi connectivity index (χ0v) is 12.8. The van der Waals surface area contributed by atoms with Crippen molar-refractivity contribution in [2.45, 2.75) is 77.9 Å². The predicted octanol–water partition coefficient (Wildman–Crippen LogP) is 3.27. The van der Waals surface area contributed by atoms with Gasteiger partial charge in [0, 0.05) is 31.2 Å². The first kappa shape index (κ1) is 14.3. The van der Waals surface area contributed by atoms with E-state index in [2.05, 4.69) is 37.9 Å². The molecule has 0 spiro atoms. The molecule has 4 unspecified atom stereocenters. The fourth-order valence-corrected chi connectivity index (χ4v) is 4.02. The molecule has 4 atom stereocenters. The van der Waals surface area contributed by atoms with Gasteiger partial charge in [-0.1, -0.05) is 33.6 Å². The van der Waals surface area contributed by atoms with Crippen molar-refractivity contribution in [3.63, 3.8) is 0 Å². The third-order valence-corrected chi connectivity index (χ3v) is 5.26. The van der Waals surface area contributed by atoms with Crippen molar-refractivity contribution in [2.24, 2.45) is 11.8 Å². The third kappa shape index (κ3) is 3.08. The SMILES string of the molecule is CCC1CN(C2CCCCC2C(C)C)C(C)CN1. The Labute approximate surface area is 114 Å². The van der Waals surface area contributed by atoms with Crippen LogP contribution in [0.25, 0.3) is 0 Å². The van der Waals surface area contributed by atoms with Crippen molar-refractivity contribution in [3.8, 4) is 0 Å². The predicted molar refractivity (Wildman–Crippen MR) is 78.8 cm³/mol. The molecule has 2 nitrogen and oxygen atoms in total. The highest BCUT2D eigenvalue weighted by Gasteiger charge is 2.36. The van der Waals surface area contributed by atoms with E-state index in [0.717, 1.165) is 30.0 Å². The van der Waals surface area contributed by atoms with E-state index in [0.29, 0.717) is 0 Å². The van der Waals surface area contributed by atoms with E-state index >= 15 is 0 Å². The van der Waals surface area contributed by atoms with Crippen LogP contribution in [0.1, 0.15) is 59.8 Å². The molecule has 2 aliphatic rings. The number of rotatable bonds is 3. The lowest BCUT2D eigenvalue weighted by Crippen LogP contribution is -2.60. The Kier molecular flexibility index (Phi) is 5.08. The Morgan fingerprint density at radius 2 is 1.94 bits per heavy atom. The maximum absolute atomic E-state index is 3.69. The molecule has 18 heavy (non-hydrogen) atoms. The molecule has 1 saturated carbocycles. The highest BCUT2D eigenvalue weighted by atomic mass is 15.3. The summed E-state index contributed by atoms with van der Waals surface area (Å²) in [5.41, 5.74) is 0. The minimum atomic E-state index is 0.718. The zero-order valence-electron chi connectivity index (χ0n) is 12.8. The summed E-state index contributed by atoms with van der Waals surface area (Å²) in [6, 6.07) is 2.29. The van der Waals surface area contributed by atoms with E-state index in [9.17, 15) is 0 Å². The lowest BCUT2D eigenvalue weighted by Gasteiger charge is -2.48. The Morgan fingerprint density at radius 1 is 1.22 bits per heavy atom. The molecule has 1 saturated heterocycles. The molecule has 0 aromatic rings. The maximum Gasteiger partial charge on any atom is 0.0196 e. The van der Waals surface area contributed by atoms with Crippen LogP contribution >= 0.6 is 0 Å². The third-order valence-electron chi connectivity index (χ3n) is 5.26. The number of nitrogens with one attached hydrogen (secondary N) is 1. The summed E-state index contributed by atoms with van der Waals surface area (Å²) in [5, 5.41) is 3.69. The van der Waals surface area contributed by atoms with Gasteiger partial charge in [-0.3, -0.25) is 4.90 Å². The topological polar surface area (TPSA) is 15.3 Å². The van der Waals surface area contributed by atoms with Crippen molar-refractivity contribution in [2.75, 3.05) is 13.1 Å². The molecule has 106 valence electrons. The summed E-state index contributed by atoms with van der Waals surface area (Å²) in [4.78, 5) is 2.84. The van der Waals surface area contributed by atoms with Gasteiger partial charge in [-0.15, -0.1) is 0 Å². The van der Waals surface area contributed by atoms with Crippen LogP contribution in [-0.2, 0) is 0 Å². The lowest BCUT2D eigenvalue weighted by molar-refractivity contribution is 0.0219. The highest BCUT2D eigenvalue weighted by Crippen LogP contribution is 2.35. The first-order valence-electron chi connectivity index (χ1n) is 8.12. The Hall–Kier alpha value is -0.0800. The van der Waals surface area contributed by atoms with E-state index in [1.54, 1.807) is 0 Å². The van der Waals surface area contributed by atoms with E-state index in [4.69, 9.17) is 0 Å². The van der Waals surface area contributed by atoms with Crippen LogP contribution in [0.2, 0.25) is 0 Å². The molecular weight excluding hydrogens is 220 g/mol. The molecular formula is C16H32N2. The molecule has 0 bridgehead atoms. The van der Waals surface area contributed by atoms with Gasteiger partial charge < -0.3 is 5.32 Å². The molecule has 0 radical (unpaired) electrons. The van der Waals surface area contributed by atoms with Crippen LogP contribution in [0.5, 0.6) is 0 Å². The average Bonchev–Trinajstić information content (AvgIpc) is 2.39. The average molecular weight is 252 g/mol. The van der Waals surface area contributed by atoms with Crippen molar-refractivity contribution in [1.82, 2.24) is 10.2 Å². The second-order valence-electron chi connectivity index (χ2n) is 6.82. The molecule has 2 heteroatoms. The Morgan fingerprint density at radius 3 is 2.61 bits per heavy atom. The number of hydrogen-bond donors (Lipinski definition) is 1. The maximum atomic E-state index is 3.69. The second kappa shape index (κ2) is 6.38. The van der Waals surface area contributed by atoms with Gasteiger partial charge in [0.1, 0.15) is 0 Å². The first-order valence-corrected chi connectivity index (χ1v) is 8.12. The molecule has 2 rings (SSSR count). The van der Waals surface area contributed by atoms with Gasteiger partial charge in [-0.25, -0.2) is 0 Å². The van der Waals surface area contributed by atoms with Gasteiger partial charge in [-0.2, -0.15) is 0 Å². The quantitative estimate of drug-likeness (QED) is 0.829. The Bertz CT molecular complexity index is 251. The number of hydrogen-bond acceptors (Lipinski definition) is 2. The smallest absolute Gasteiger partial charge is 0.0196 e. The normalized spacial score (nSPS) is 39.2. The summed E-state index contributed by atoms with van der Waals surface area (Å²) in [5.74, 6) is 1.77. The van der Waals surface area contributed by atoms with Gasteiger partial charge in [0.25, 0.3) is 0 Å². The standard InChI is InChI=1S/C16H32N2/c1-5-14-11-18(13(4)10-17-14)16-9-7-6-8-15(16)12(2)3/h12-17H,5-11H2,1-4H3. The van der Waals surface area contributed by atoms with Crippen LogP contribution in [0.15, 0.2) is 0 Å². The fourth-order valence-electron chi connectivity index (χ4n) is 4.02. The first-order chi connectivity index (χ1) is 8.63. The van der Waals surface area contributed by atoms with Crippen LogP contribution in [0.3, 0.4) is 0 Å². The molecule has 1 aliphatic carbocycles. The molecule has 2 fully saturated rings. The van der Waals surface area contributed by atoms with Gasteiger partial charge in [0.05, 0.1) is 0 Å². The largest absolute Gasteiger partial charge is 0.311 e. The van der Waals surface area contributed by atoms with Crippen molar-refractivity contribution in [1.29, 1.82) is 0 Å². The van der Waals surface area contributed by atoms with Crippen molar-refractivity contribution < 1.29 is 0 Å². The van der Waals surface area contributed by atoms with E-state index in [1.807, 2.05) is 0 Å². The van der Waals surface area contributed by atoms with Crippen LogP contribution in [-0.4, -0.2) is 36.1 Å². The summed E-state index contributed by atoms with van der Waals surface area (Å²) < 4.78 is 0.